The monoisotopic (exact) mass is 386 g/mol. The van der Waals surface area contributed by atoms with Crippen molar-refractivity contribution >= 4 is 41.8 Å². The van der Waals surface area contributed by atoms with Crippen LogP contribution in [0.4, 0.5) is 0 Å². The first-order valence-electron chi connectivity index (χ1n) is 4.47. The largest absolute Gasteiger partial charge is 1.00 e. The first kappa shape index (κ1) is 27.3. The molecule has 2 N–H and O–H groups in total. The van der Waals surface area contributed by atoms with Crippen molar-refractivity contribution in [3.05, 3.63) is 0 Å². The second-order valence-electron chi connectivity index (χ2n) is 3.33. The third-order valence-corrected chi connectivity index (χ3v) is 5.51. The summed E-state index contributed by atoms with van der Waals surface area (Å²) in [5, 5.41) is 18.2. The van der Waals surface area contributed by atoms with Crippen molar-refractivity contribution in [1.29, 1.82) is 0 Å². The molecule has 110 valence electrons. The van der Waals surface area contributed by atoms with Crippen LogP contribution in [0.25, 0.3) is 0 Å². The maximum atomic E-state index is 10.3. The maximum Gasteiger partial charge on any atom is 1.00 e. The Morgan fingerprint density at radius 1 is 0.800 bits per heavy atom. The van der Waals surface area contributed by atoms with Gasteiger partial charge in [-0.25, -0.2) is 16.8 Å². The SMILES string of the molecule is O=S(=O)([O-])CC(O)CSSCC(O)CS(=O)(=O)[O-].[Na+].[Na+]. The Balaban J connectivity index is -0.00000144. The van der Waals surface area contributed by atoms with Crippen LogP contribution in [-0.4, -0.2) is 71.4 Å². The molecule has 0 aromatic rings. The molecule has 0 amide bonds. The summed E-state index contributed by atoms with van der Waals surface area (Å²) in [7, 11) is -7.06. The van der Waals surface area contributed by atoms with Crippen LogP contribution in [0.1, 0.15) is 0 Å². The smallest absolute Gasteiger partial charge is 0.748 e. The summed E-state index contributed by atoms with van der Waals surface area (Å²) in [5.41, 5.74) is 0. The number of rotatable bonds is 9. The van der Waals surface area contributed by atoms with Crippen molar-refractivity contribution in [3.63, 3.8) is 0 Å². The molecule has 0 fully saturated rings. The minimum absolute atomic E-state index is 0. The van der Waals surface area contributed by atoms with E-state index in [4.69, 9.17) is 10.2 Å². The van der Waals surface area contributed by atoms with Crippen LogP contribution in [0.2, 0.25) is 0 Å². The van der Waals surface area contributed by atoms with Crippen LogP contribution in [-0.2, 0) is 20.2 Å². The average Bonchev–Trinajstić information content (AvgIpc) is 2.06. The zero-order valence-electron chi connectivity index (χ0n) is 11.0. The number of hydrogen-bond acceptors (Lipinski definition) is 10. The molecule has 0 saturated heterocycles. The molecule has 0 aromatic carbocycles. The molecule has 0 aliphatic carbocycles. The van der Waals surface area contributed by atoms with Crippen LogP contribution in [0.5, 0.6) is 0 Å². The topological polar surface area (TPSA) is 155 Å². The van der Waals surface area contributed by atoms with Crippen LogP contribution < -0.4 is 59.1 Å². The molecule has 0 rings (SSSR count). The fraction of sp³-hybridized carbons (Fsp3) is 1.00. The Morgan fingerprint density at radius 2 is 1.05 bits per heavy atom. The summed E-state index contributed by atoms with van der Waals surface area (Å²) in [6, 6.07) is 0. The minimum Gasteiger partial charge on any atom is -0.748 e. The second-order valence-corrected chi connectivity index (χ2v) is 8.78. The van der Waals surface area contributed by atoms with Crippen LogP contribution >= 0.6 is 21.6 Å². The van der Waals surface area contributed by atoms with E-state index in [1.54, 1.807) is 0 Å². The summed E-state index contributed by atoms with van der Waals surface area (Å²) >= 11 is 0. The van der Waals surface area contributed by atoms with Gasteiger partial charge in [-0.1, -0.05) is 21.6 Å². The molecule has 8 nitrogen and oxygen atoms in total. The average molecular weight is 386 g/mol. The summed E-state index contributed by atoms with van der Waals surface area (Å²) in [6.45, 7) is 0. The molecule has 20 heavy (non-hydrogen) atoms. The van der Waals surface area contributed by atoms with Gasteiger partial charge in [0.2, 0.25) is 0 Å². The van der Waals surface area contributed by atoms with Gasteiger partial charge in [0.25, 0.3) is 0 Å². The second kappa shape index (κ2) is 12.8. The Bertz CT molecular complexity index is 396. The molecule has 0 radical (unpaired) electrons. The van der Waals surface area contributed by atoms with Crippen molar-refractivity contribution in [2.45, 2.75) is 12.2 Å². The van der Waals surface area contributed by atoms with E-state index < -0.39 is 43.9 Å². The van der Waals surface area contributed by atoms with Gasteiger partial charge < -0.3 is 19.3 Å². The van der Waals surface area contributed by atoms with Gasteiger partial charge in [-0.05, 0) is 0 Å². The van der Waals surface area contributed by atoms with Gasteiger partial charge in [-0.15, -0.1) is 0 Å². The van der Waals surface area contributed by atoms with E-state index in [9.17, 15) is 25.9 Å². The van der Waals surface area contributed by atoms with Gasteiger partial charge in [-0.3, -0.25) is 0 Å². The number of hydrogen-bond donors (Lipinski definition) is 2. The summed E-state index contributed by atoms with van der Waals surface area (Å²) in [4.78, 5) is 0. The fourth-order valence-electron chi connectivity index (χ4n) is 0.821. The first-order chi connectivity index (χ1) is 7.99. The molecular weight excluding hydrogens is 374 g/mol. The summed E-state index contributed by atoms with van der Waals surface area (Å²) in [5.74, 6) is -1.94. The van der Waals surface area contributed by atoms with Crippen LogP contribution in [0, 0.1) is 0 Å². The van der Waals surface area contributed by atoms with Crippen molar-refractivity contribution < 1.29 is 95.3 Å². The standard InChI is InChI=1S/C6H14O8S4.2Na/c7-5(3-17(9,10)11)1-15-16-2-6(8)4-18(12,13)14;;/h5-8H,1-4H2,(H,9,10,11)(H,12,13,14);;/q;2*+1/p-2. The maximum absolute atomic E-state index is 10.3. The number of aliphatic hydroxyl groups is 2. The molecule has 0 bridgehead atoms. The predicted octanol–water partition coefficient (Wildman–Crippen LogP) is -7.81. The Labute approximate surface area is 170 Å². The van der Waals surface area contributed by atoms with Gasteiger partial charge in [-0.2, -0.15) is 0 Å². The zero-order valence-corrected chi connectivity index (χ0v) is 18.2. The minimum atomic E-state index is -4.49. The molecule has 2 atom stereocenters. The predicted molar refractivity (Wildman–Crippen MR) is 66.1 cm³/mol. The van der Waals surface area contributed by atoms with E-state index in [0.717, 1.165) is 21.6 Å². The Morgan fingerprint density at radius 3 is 1.25 bits per heavy atom. The molecule has 0 aliphatic rings. The van der Waals surface area contributed by atoms with E-state index in [2.05, 4.69) is 0 Å². The molecule has 0 saturated carbocycles. The summed E-state index contributed by atoms with van der Waals surface area (Å²) < 4.78 is 61.6. The number of aliphatic hydroxyl groups excluding tert-OH is 2. The molecule has 14 heteroatoms. The first-order valence-corrected chi connectivity index (χ1v) is 10.1. The Kier molecular flexibility index (Phi) is 17.5. The molecule has 0 spiro atoms. The van der Waals surface area contributed by atoms with E-state index >= 15 is 0 Å². The molecule has 0 aromatic heterocycles. The van der Waals surface area contributed by atoms with E-state index in [0.29, 0.717) is 0 Å². The molecule has 2 unspecified atom stereocenters. The van der Waals surface area contributed by atoms with Crippen molar-refractivity contribution in [3.8, 4) is 0 Å². The third kappa shape index (κ3) is 20.4. The molecular formula is C6H12Na2O8S4. The van der Waals surface area contributed by atoms with Gasteiger partial charge in [0.1, 0.15) is 0 Å². The van der Waals surface area contributed by atoms with E-state index in [1.807, 2.05) is 0 Å². The van der Waals surface area contributed by atoms with E-state index in [1.165, 1.54) is 0 Å². The van der Waals surface area contributed by atoms with Gasteiger partial charge in [0.05, 0.1) is 43.9 Å². The van der Waals surface area contributed by atoms with Crippen LogP contribution in [0.15, 0.2) is 0 Å². The normalized spacial score (nSPS) is 14.8. The zero-order chi connectivity index (χ0) is 14.4. The fourth-order valence-corrected chi connectivity index (χ4v) is 4.56. The van der Waals surface area contributed by atoms with Crippen molar-refractivity contribution in [2.24, 2.45) is 0 Å². The molecule has 0 heterocycles. The van der Waals surface area contributed by atoms with Crippen molar-refractivity contribution in [1.82, 2.24) is 0 Å². The van der Waals surface area contributed by atoms with Crippen molar-refractivity contribution in [2.75, 3.05) is 23.0 Å². The van der Waals surface area contributed by atoms with Gasteiger partial charge >= 0.3 is 59.1 Å². The van der Waals surface area contributed by atoms with Crippen LogP contribution in [0.3, 0.4) is 0 Å². The Hall–Kier alpha value is 2.44. The third-order valence-electron chi connectivity index (χ3n) is 1.40. The summed E-state index contributed by atoms with van der Waals surface area (Å²) in [6.07, 6.45) is -2.66. The van der Waals surface area contributed by atoms with Gasteiger partial charge in [0, 0.05) is 11.5 Å². The quantitative estimate of drug-likeness (QED) is 0.169. The van der Waals surface area contributed by atoms with Gasteiger partial charge in [0.15, 0.2) is 0 Å². The molecule has 0 aliphatic heterocycles. The van der Waals surface area contributed by atoms with E-state index in [-0.39, 0.29) is 70.6 Å².